The van der Waals surface area contributed by atoms with E-state index in [4.69, 9.17) is 13.9 Å². The fraction of sp³-hybridized carbons (Fsp3) is 0.105. The van der Waals surface area contributed by atoms with Crippen molar-refractivity contribution < 1.29 is 33.0 Å². The zero-order chi connectivity index (χ0) is 18.5. The van der Waals surface area contributed by atoms with Crippen LogP contribution in [-0.2, 0) is 14.3 Å². The molecule has 1 aromatic heterocycles. The van der Waals surface area contributed by atoms with Crippen molar-refractivity contribution in [3.63, 3.8) is 0 Å². The maximum Gasteiger partial charge on any atom is 0.374 e. The summed E-state index contributed by atoms with van der Waals surface area (Å²) in [7, 11) is 1.27. The Morgan fingerprint density at radius 3 is 2.38 bits per heavy atom. The number of benzene rings is 2. The smallest absolute Gasteiger partial charge is 0.374 e. The first kappa shape index (κ1) is 17.2. The highest BCUT2D eigenvalue weighted by Gasteiger charge is 2.16. The van der Waals surface area contributed by atoms with Crippen LogP contribution in [0.15, 0.2) is 59.0 Å². The minimum Gasteiger partial charge on any atom is -0.465 e. The molecule has 7 heteroatoms. The van der Waals surface area contributed by atoms with E-state index in [1.165, 1.54) is 37.4 Å². The number of hydrogen-bond donors (Lipinski definition) is 0. The van der Waals surface area contributed by atoms with Crippen molar-refractivity contribution in [2.45, 2.75) is 0 Å². The van der Waals surface area contributed by atoms with Crippen LogP contribution in [0.25, 0.3) is 11.0 Å². The molecule has 0 aliphatic heterocycles. The highest BCUT2D eigenvalue weighted by molar-refractivity contribution is 5.93. The van der Waals surface area contributed by atoms with Gasteiger partial charge in [0, 0.05) is 5.39 Å². The molecule has 0 radical (unpaired) electrons. The molecular formula is C19H14O7. The number of carbonyl (C=O) groups is 3. The van der Waals surface area contributed by atoms with Gasteiger partial charge in [0.25, 0.3) is 0 Å². The van der Waals surface area contributed by atoms with Crippen LogP contribution in [0.3, 0.4) is 0 Å². The van der Waals surface area contributed by atoms with Gasteiger partial charge in [-0.2, -0.15) is 0 Å². The lowest BCUT2D eigenvalue weighted by Gasteiger charge is -2.05. The van der Waals surface area contributed by atoms with E-state index in [0.29, 0.717) is 11.1 Å². The van der Waals surface area contributed by atoms with E-state index in [-0.39, 0.29) is 11.5 Å². The van der Waals surface area contributed by atoms with Crippen molar-refractivity contribution in [1.29, 1.82) is 0 Å². The van der Waals surface area contributed by atoms with Crippen LogP contribution in [0, 0.1) is 0 Å². The molecule has 0 aliphatic carbocycles. The van der Waals surface area contributed by atoms with Gasteiger partial charge in [-0.15, -0.1) is 0 Å². The minimum absolute atomic E-state index is 0.00132. The predicted octanol–water partition coefficient (Wildman–Crippen LogP) is 2.98. The summed E-state index contributed by atoms with van der Waals surface area (Å²) in [6.07, 6.45) is 0. The second kappa shape index (κ2) is 7.52. The second-order valence-corrected chi connectivity index (χ2v) is 5.21. The Kier molecular flexibility index (Phi) is 4.98. The number of methoxy groups -OCH3 is 1. The van der Waals surface area contributed by atoms with Crippen molar-refractivity contribution in [2.24, 2.45) is 0 Å². The van der Waals surface area contributed by atoms with Crippen LogP contribution in [0.2, 0.25) is 0 Å². The summed E-state index contributed by atoms with van der Waals surface area (Å²) < 4.78 is 19.8. The maximum atomic E-state index is 11.9. The normalized spacial score (nSPS) is 10.3. The van der Waals surface area contributed by atoms with Crippen molar-refractivity contribution in [2.75, 3.05) is 13.7 Å². The summed E-state index contributed by atoms with van der Waals surface area (Å²) in [5.74, 6) is -1.81. The van der Waals surface area contributed by atoms with E-state index < -0.39 is 24.5 Å². The molecule has 0 spiro atoms. The van der Waals surface area contributed by atoms with Gasteiger partial charge in [-0.1, -0.05) is 18.2 Å². The van der Waals surface area contributed by atoms with Gasteiger partial charge in [-0.25, -0.2) is 14.4 Å². The van der Waals surface area contributed by atoms with Crippen LogP contribution in [-0.4, -0.2) is 31.6 Å². The van der Waals surface area contributed by atoms with E-state index in [2.05, 4.69) is 4.74 Å². The first-order chi connectivity index (χ1) is 12.6. The number of para-hydroxylation sites is 1. The number of furan rings is 1. The third kappa shape index (κ3) is 3.89. The SMILES string of the molecule is COC(=O)c1ccc(OC(=O)COC(=O)c2cc3ccccc3o2)cc1. The largest absolute Gasteiger partial charge is 0.465 e. The minimum atomic E-state index is -0.765. The summed E-state index contributed by atoms with van der Waals surface area (Å²) in [4.78, 5) is 35.0. The van der Waals surface area contributed by atoms with E-state index in [1.54, 1.807) is 18.2 Å². The number of fused-ring (bicyclic) bond motifs is 1. The zero-order valence-corrected chi connectivity index (χ0v) is 13.8. The Balaban J connectivity index is 1.55. The lowest BCUT2D eigenvalue weighted by molar-refractivity contribution is -0.137. The zero-order valence-electron chi connectivity index (χ0n) is 13.8. The van der Waals surface area contributed by atoms with Crippen molar-refractivity contribution in [3.05, 3.63) is 65.9 Å². The van der Waals surface area contributed by atoms with E-state index in [9.17, 15) is 14.4 Å². The van der Waals surface area contributed by atoms with Gasteiger partial charge >= 0.3 is 17.9 Å². The van der Waals surface area contributed by atoms with Gasteiger partial charge in [0.1, 0.15) is 11.3 Å². The van der Waals surface area contributed by atoms with Crippen LogP contribution in [0.1, 0.15) is 20.9 Å². The molecule has 2 aromatic carbocycles. The van der Waals surface area contributed by atoms with Gasteiger partial charge in [0.15, 0.2) is 6.61 Å². The average Bonchev–Trinajstić information content (AvgIpc) is 3.10. The highest BCUT2D eigenvalue weighted by Crippen LogP contribution is 2.19. The first-order valence-electron chi connectivity index (χ1n) is 7.61. The molecule has 0 aliphatic rings. The molecule has 3 rings (SSSR count). The molecule has 0 saturated carbocycles. The molecule has 0 atom stereocenters. The number of rotatable bonds is 5. The molecule has 0 bridgehead atoms. The summed E-state index contributed by atoms with van der Waals surface area (Å²) in [5, 5.41) is 0.757. The van der Waals surface area contributed by atoms with Crippen molar-refractivity contribution in [1.82, 2.24) is 0 Å². The summed E-state index contributed by atoms with van der Waals surface area (Å²) >= 11 is 0. The third-order valence-corrected chi connectivity index (χ3v) is 3.45. The Labute approximate surface area is 148 Å². The lowest BCUT2D eigenvalue weighted by Crippen LogP contribution is -2.18. The Morgan fingerprint density at radius 1 is 0.962 bits per heavy atom. The number of hydrogen-bond acceptors (Lipinski definition) is 7. The predicted molar refractivity (Wildman–Crippen MR) is 89.9 cm³/mol. The van der Waals surface area contributed by atoms with Crippen LogP contribution >= 0.6 is 0 Å². The van der Waals surface area contributed by atoms with Gasteiger partial charge in [-0.05, 0) is 36.4 Å². The second-order valence-electron chi connectivity index (χ2n) is 5.21. The fourth-order valence-electron chi connectivity index (χ4n) is 2.22. The molecule has 0 saturated heterocycles. The summed E-state index contributed by atoms with van der Waals surface area (Å²) in [6.45, 7) is -0.575. The average molecular weight is 354 g/mol. The molecule has 0 unspecified atom stereocenters. The van der Waals surface area contributed by atoms with Crippen LogP contribution in [0.5, 0.6) is 5.75 Å². The Bertz CT molecular complexity index is 920. The monoisotopic (exact) mass is 354 g/mol. The van der Waals surface area contributed by atoms with Gasteiger partial charge in [-0.3, -0.25) is 0 Å². The number of carbonyl (C=O) groups excluding carboxylic acids is 3. The van der Waals surface area contributed by atoms with Crippen LogP contribution < -0.4 is 4.74 Å². The quantitative estimate of drug-likeness (QED) is 0.514. The molecule has 7 nitrogen and oxygen atoms in total. The van der Waals surface area contributed by atoms with E-state index >= 15 is 0 Å². The van der Waals surface area contributed by atoms with Crippen LogP contribution in [0.4, 0.5) is 0 Å². The lowest BCUT2D eigenvalue weighted by atomic mass is 10.2. The standard InChI is InChI=1S/C19H14O7/c1-23-18(21)12-6-8-14(9-7-12)25-17(20)11-24-19(22)16-10-13-4-2-3-5-15(13)26-16/h2-10H,11H2,1H3. The van der Waals surface area contributed by atoms with Gasteiger partial charge in [0.2, 0.25) is 5.76 Å². The van der Waals surface area contributed by atoms with Crippen molar-refractivity contribution in [3.8, 4) is 5.75 Å². The summed E-state index contributed by atoms with van der Waals surface area (Å²) in [5.41, 5.74) is 0.872. The molecule has 3 aromatic rings. The molecule has 0 amide bonds. The first-order valence-corrected chi connectivity index (χ1v) is 7.61. The third-order valence-electron chi connectivity index (χ3n) is 3.45. The Hall–Kier alpha value is -3.61. The molecule has 0 fully saturated rings. The van der Waals surface area contributed by atoms with E-state index in [0.717, 1.165) is 5.39 Å². The maximum absolute atomic E-state index is 11.9. The molecule has 0 N–H and O–H groups in total. The number of ether oxygens (including phenoxy) is 3. The molecule has 1 heterocycles. The molecule has 132 valence electrons. The van der Waals surface area contributed by atoms with E-state index in [1.807, 2.05) is 6.07 Å². The molecule has 26 heavy (non-hydrogen) atoms. The van der Waals surface area contributed by atoms with Gasteiger partial charge in [0.05, 0.1) is 12.7 Å². The summed E-state index contributed by atoms with van der Waals surface area (Å²) in [6, 6.07) is 14.4. The fourth-order valence-corrected chi connectivity index (χ4v) is 2.22. The van der Waals surface area contributed by atoms with Gasteiger partial charge < -0.3 is 18.6 Å². The Morgan fingerprint density at radius 2 is 1.69 bits per heavy atom. The van der Waals surface area contributed by atoms with Crippen molar-refractivity contribution >= 4 is 28.9 Å². The molecular weight excluding hydrogens is 340 g/mol. The highest BCUT2D eigenvalue weighted by atomic mass is 16.6. The number of esters is 3. The topological polar surface area (TPSA) is 92.0 Å².